The maximum Gasteiger partial charge on any atom is 1.00 e. The summed E-state index contributed by atoms with van der Waals surface area (Å²) in [6, 6.07) is 4.75. The third kappa shape index (κ3) is 3.00. The van der Waals surface area contributed by atoms with Crippen LogP contribution in [0.15, 0.2) is 18.2 Å². The van der Waals surface area contributed by atoms with Gasteiger partial charge in [0.1, 0.15) is 0 Å². The molecule has 0 radical (unpaired) electrons. The van der Waals surface area contributed by atoms with Gasteiger partial charge in [-0.2, -0.15) is 5.26 Å². The first kappa shape index (κ1) is 14.0. The maximum absolute atomic E-state index is 12.3. The first-order valence-electron chi connectivity index (χ1n) is 3.45. The number of hydrogen-bond acceptors (Lipinski definition) is 2. The van der Waals surface area contributed by atoms with Crippen LogP contribution in [0.2, 0.25) is 0 Å². The molecule has 0 saturated carbocycles. The fourth-order valence-corrected chi connectivity index (χ4v) is 0.991. The van der Waals surface area contributed by atoms with Gasteiger partial charge in [-0.05, 0) is 6.07 Å². The number of nitrogen functional groups attached to an aromatic ring is 1. The van der Waals surface area contributed by atoms with E-state index in [1.807, 2.05) is 0 Å². The van der Waals surface area contributed by atoms with Crippen LogP contribution in [0.4, 0.5) is 18.6 Å². The van der Waals surface area contributed by atoms with Gasteiger partial charge in [-0.3, -0.25) is 0 Å². The number of anilines is 1. The minimum absolute atomic E-state index is 0. The molecule has 0 bridgehead atoms. The van der Waals surface area contributed by atoms with Gasteiger partial charge < -0.3 is 18.7 Å². The number of nitriles is 1. The Bertz CT molecular complexity index is 372. The molecule has 0 spiro atoms. The molecule has 14 heavy (non-hydrogen) atoms. The fourth-order valence-electron chi connectivity index (χ4n) is 0.991. The van der Waals surface area contributed by atoms with Crippen molar-refractivity contribution in [3.63, 3.8) is 0 Å². The van der Waals surface area contributed by atoms with E-state index in [9.17, 15) is 12.9 Å². The standard InChI is InChI=1S/C7H5BF3N2.K/c9-8(10,11)6-2-1-3-7(13)5(6)4-12;/h1-3H,13H2;/q-1;+1. The van der Waals surface area contributed by atoms with Crippen molar-refractivity contribution in [3.05, 3.63) is 23.8 Å². The van der Waals surface area contributed by atoms with Gasteiger partial charge >= 0.3 is 58.4 Å². The van der Waals surface area contributed by atoms with Gasteiger partial charge in [0.15, 0.2) is 0 Å². The summed E-state index contributed by atoms with van der Waals surface area (Å²) in [5, 5.41) is 8.44. The normalized spacial score (nSPS) is 10.1. The molecule has 0 saturated heterocycles. The zero-order chi connectivity index (χ0) is 10.1. The van der Waals surface area contributed by atoms with E-state index in [4.69, 9.17) is 11.0 Å². The van der Waals surface area contributed by atoms with Crippen LogP contribution < -0.4 is 62.6 Å². The molecule has 0 amide bonds. The number of nitrogens with two attached hydrogens (primary N) is 1. The van der Waals surface area contributed by atoms with E-state index >= 15 is 0 Å². The average molecular weight is 224 g/mol. The first-order valence-corrected chi connectivity index (χ1v) is 3.45. The van der Waals surface area contributed by atoms with Crippen LogP contribution in [-0.4, -0.2) is 6.98 Å². The van der Waals surface area contributed by atoms with Crippen molar-refractivity contribution < 1.29 is 64.3 Å². The third-order valence-electron chi connectivity index (χ3n) is 1.59. The predicted octanol–water partition coefficient (Wildman–Crippen LogP) is -1.80. The molecule has 0 aliphatic heterocycles. The summed E-state index contributed by atoms with van der Waals surface area (Å²) in [5.41, 5.74) is 3.66. The second-order valence-corrected chi connectivity index (χ2v) is 2.50. The summed E-state index contributed by atoms with van der Waals surface area (Å²) in [7, 11) is 0. The van der Waals surface area contributed by atoms with Gasteiger partial charge in [-0.1, -0.05) is 17.6 Å². The summed E-state index contributed by atoms with van der Waals surface area (Å²) in [5.74, 6) is 0. The molecule has 1 aromatic rings. The van der Waals surface area contributed by atoms with Gasteiger partial charge in [0, 0.05) is 11.3 Å². The monoisotopic (exact) mass is 224 g/mol. The predicted molar refractivity (Wildman–Crippen MR) is 44.3 cm³/mol. The molecule has 0 aromatic heterocycles. The van der Waals surface area contributed by atoms with E-state index in [-0.39, 0.29) is 57.1 Å². The van der Waals surface area contributed by atoms with E-state index in [2.05, 4.69) is 0 Å². The van der Waals surface area contributed by atoms with Gasteiger partial charge in [-0.25, -0.2) is 0 Å². The Morgan fingerprint density at radius 1 is 1.29 bits per heavy atom. The van der Waals surface area contributed by atoms with Gasteiger partial charge in [0.2, 0.25) is 0 Å². The molecular weight excluding hydrogens is 219 g/mol. The number of rotatable bonds is 1. The minimum Gasteiger partial charge on any atom is -0.445 e. The molecule has 0 fully saturated rings. The minimum atomic E-state index is -5.16. The van der Waals surface area contributed by atoms with Crippen LogP contribution in [0.25, 0.3) is 0 Å². The Balaban J connectivity index is 0.00000169. The molecule has 2 nitrogen and oxygen atoms in total. The smallest absolute Gasteiger partial charge is 0.445 e. The zero-order valence-electron chi connectivity index (χ0n) is 7.47. The van der Waals surface area contributed by atoms with Crippen LogP contribution in [0.1, 0.15) is 5.56 Å². The third-order valence-corrected chi connectivity index (χ3v) is 1.59. The molecular formula is C7H5BF3KN2. The molecule has 0 atom stereocenters. The molecule has 1 rings (SSSR count). The molecule has 1 aromatic carbocycles. The second kappa shape index (κ2) is 5.19. The van der Waals surface area contributed by atoms with Crippen LogP contribution in [0.3, 0.4) is 0 Å². The van der Waals surface area contributed by atoms with Crippen molar-refractivity contribution in [3.8, 4) is 6.07 Å². The van der Waals surface area contributed by atoms with Gasteiger partial charge in [0.05, 0.1) is 6.07 Å². The summed E-state index contributed by atoms with van der Waals surface area (Å²) in [4.78, 5) is 0. The first-order chi connectivity index (χ1) is 5.96. The number of benzene rings is 1. The molecule has 2 N–H and O–H groups in total. The Kier molecular flexibility index (Phi) is 5.19. The van der Waals surface area contributed by atoms with Crippen LogP contribution in [0, 0.1) is 11.3 Å². The van der Waals surface area contributed by atoms with Crippen molar-refractivity contribution in [2.75, 3.05) is 5.73 Å². The number of hydrogen-bond donors (Lipinski definition) is 1. The summed E-state index contributed by atoms with van der Waals surface area (Å²) >= 11 is 0. The van der Waals surface area contributed by atoms with E-state index in [1.54, 1.807) is 0 Å². The van der Waals surface area contributed by atoms with Crippen molar-refractivity contribution in [2.24, 2.45) is 0 Å². The SMILES string of the molecule is N#Cc1c(N)cccc1[B-](F)(F)F.[K+]. The van der Waals surface area contributed by atoms with Crippen molar-refractivity contribution in [1.82, 2.24) is 0 Å². The number of halogens is 3. The molecule has 0 aliphatic rings. The van der Waals surface area contributed by atoms with E-state index in [0.717, 1.165) is 6.07 Å². The Hall–Kier alpha value is 0.00130. The Morgan fingerprint density at radius 3 is 2.21 bits per heavy atom. The van der Waals surface area contributed by atoms with Crippen LogP contribution in [-0.2, 0) is 0 Å². The van der Waals surface area contributed by atoms with Crippen molar-refractivity contribution in [1.29, 1.82) is 5.26 Å². The fraction of sp³-hybridized carbons (Fsp3) is 0. The summed E-state index contributed by atoms with van der Waals surface area (Å²) in [6.07, 6.45) is 0. The topological polar surface area (TPSA) is 49.8 Å². The maximum atomic E-state index is 12.3. The quantitative estimate of drug-likeness (QED) is 0.452. The van der Waals surface area contributed by atoms with Crippen molar-refractivity contribution >= 4 is 18.1 Å². The number of nitrogens with zero attached hydrogens (tertiary/aromatic N) is 1. The van der Waals surface area contributed by atoms with Crippen LogP contribution in [0.5, 0.6) is 0 Å². The van der Waals surface area contributed by atoms with E-state index in [1.165, 1.54) is 18.2 Å². The summed E-state index contributed by atoms with van der Waals surface area (Å²) < 4.78 is 36.8. The molecule has 68 valence electrons. The molecule has 7 heteroatoms. The molecule has 0 aliphatic carbocycles. The molecule has 0 unspecified atom stereocenters. The van der Waals surface area contributed by atoms with Crippen molar-refractivity contribution in [2.45, 2.75) is 0 Å². The largest absolute Gasteiger partial charge is 1.00 e. The zero-order valence-corrected chi connectivity index (χ0v) is 10.6. The molecule has 0 heterocycles. The van der Waals surface area contributed by atoms with Crippen LogP contribution >= 0.6 is 0 Å². The van der Waals surface area contributed by atoms with Gasteiger partial charge in [0.25, 0.3) is 0 Å². The van der Waals surface area contributed by atoms with E-state index in [0.29, 0.717) is 0 Å². The Labute approximate surface area is 122 Å². The van der Waals surface area contributed by atoms with Gasteiger partial charge in [-0.15, -0.1) is 0 Å². The Morgan fingerprint density at radius 2 is 1.86 bits per heavy atom. The van der Waals surface area contributed by atoms with E-state index < -0.39 is 18.0 Å². The average Bonchev–Trinajstić information content (AvgIpc) is 2.02. The summed E-state index contributed by atoms with van der Waals surface area (Å²) in [6.45, 7) is -5.16. The second-order valence-electron chi connectivity index (χ2n) is 2.50.